The highest BCUT2D eigenvalue weighted by Gasteiger charge is 2.20. The van der Waals surface area contributed by atoms with Gasteiger partial charge in [0.15, 0.2) is 11.5 Å². The van der Waals surface area contributed by atoms with Crippen molar-refractivity contribution in [3.05, 3.63) is 65.9 Å². The van der Waals surface area contributed by atoms with Gasteiger partial charge in [0, 0.05) is 29.6 Å². The van der Waals surface area contributed by atoms with Gasteiger partial charge in [0.25, 0.3) is 0 Å². The lowest BCUT2D eigenvalue weighted by atomic mass is 10.1. The lowest BCUT2D eigenvalue weighted by Crippen LogP contribution is -2.29. The van der Waals surface area contributed by atoms with E-state index in [1.54, 1.807) is 0 Å². The first-order chi connectivity index (χ1) is 12.7. The van der Waals surface area contributed by atoms with Crippen LogP contribution in [0.5, 0.6) is 11.5 Å². The molecular weight excluding hydrogens is 326 g/mol. The molecule has 0 bridgehead atoms. The lowest BCUT2D eigenvalue weighted by molar-refractivity contribution is 0.0847. The van der Waals surface area contributed by atoms with Crippen LogP contribution in [0.15, 0.2) is 48.7 Å². The van der Waals surface area contributed by atoms with Crippen molar-refractivity contribution in [1.29, 1.82) is 0 Å². The van der Waals surface area contributed by atoms with Crippen LogP contribution in [0.2, 0.25) is 0 Å². The molecule has 0 saturated carbocycles. The Balaban J connectivity index is 1.45. The summed E-state index contributed by atoms with van der Waals surface area (Å²) < 4.78 is 11.8. The first-order valence-electron chi connectivity index (χ1n) is 8.84. The Morgan fingerprint density at radius 2 is 1.85 bits per heavy atom. The van der Waals surface area contributed by atoms with Gasteiger partial charge < -0.3 is 9.47 Å². The molecule has 1 aromatic carbocycles. The minimum atomic E-state index is 0.0138. The number of ether oxygens (including phenoxy) is 2. The Bertz CT molecular complexity index is 927. The zero-order chi connectivity index (χ0) is 17.9. The van der Waals surface area contributed by atoms with Crippen LogP contribution in [0.25, 0.3) is 11.3 Å². The number of hydrogen-bond donors (Lipinski definition) is 0. The molecule has 3 heterocycles. The number of nitrogens with zero attached hydrogens (tertiary/aromatic N) is 3. The summed E-state index contributed by atoms with van der Waals surface area (Å²) in [6, 6.07) is 13.8. The highest BCUT2D eigenvalue weighted by atomic mass is 16.6. The van der Waals surface area contributed by atoms with Gasteiger partial charge in [0.2, 0.25) is 0 Å². The Labute approximate surface area is 153 Å². The minimum absolute atomic E-state index is 0.0138. The maximum Gasteiger partial charge on any atom is 0.161 e. The molecule has 0 amide bonds. The number of fused-ring (bicyclic) bond motifs is 1. The smallest absolute Gasteiger partial charge is 0.161 e. The molecule has 0 spiro atoms. The monoisotopic (exact) mass is 347 g/mol. The van der Waals surface area contributed by atoms with Gasteiger partial charge in [0.05, 0.1) is 5.69 Å². The van der Waals surface area contributed by atoms with Gasteiger partial charge in [-0.25, -0.2) is 9.97 Å². The second-order valence-corrected chi connectivity index (χ2v) is 6.48. The Kier molecular flexibility index (Phi) is 4.52. The average molecular weight is 347 g/mol. The molecule has 2 aromatic heterocycles. The molecular formula is C21H21N3O2. The highest BCUT2D eigenvalue weighted by Crippen LogP contribution is 2.31. The highest BCUT2D eigenvalue weighted by molar-refractivity contribution is 5.61. The van der Waals surface area contributed by atoms with Crippen LogP contribution < -0.4 is 9.47 Å². The molecule has 1 aliphatic heterocycles. The van der Waals surface area contributed by atoms with Gasteiger partial charge in [-0.1, -0.05) is 12.1 Å². The normalized spacial score (nSPS) is 15.7. The van der Waals surface area contributed by atoms with Crippen LogP contribution in [0.1, 0.15) is 23.6 Å². The van der Waals surface area contributed by atoms with Crippen molar-refractivity contribution in [3.63, 3.8) is 0 Å². The molecule has 0 radical (unpaired) electrons. The van der Waals surface area contributed by atoms with Crippen LogP contribution >= 0.6 is 0 Å². The van der Waals surface area contributed by atoms with E-state index in [9.17, 15) is 0 Å². The second-order valence-electron chi connectivity index (χ2n) is 6.48. The van der Waals surface area contributed by atoms with E-state index >= 15 is 0 Å². The fourth-order valence-corrected chi connectivity index (χ4v) is 3.12. The Hall–Kier alpha value is -2.95. The summed E-state index contributed by atoms with van der Waals surface area (Å²) in [6.45, 7) is 4.55. The third-order valence-corrected chi connectivity index (χ3v) is 4.46. The van der Waals surface area contributed by atoms with Crippen LogP contribution in [-0.2, 0) is 6.42 Å². The van der Waals surface area contributed by atoms with Crippen molar-refractivity contribution in [1.82, 2.24) is 15.0 Å². The molecule has 0 N–H and O–H groups in total. The predicted octanol–water partition coefficient (Wildman–Crippen LogP) is 3.93. The zero-order valence-corrected chi connectivity index (χ0v) is 15.0. The molecule has 132 valence electrons. The summed E-state index contributed by atoms with van der Waals surface area (Å²) in [5.41, 5.74) is 3.95. The van der Waals surface area contributed by atoms with Crippen molar-refractivity contribution < 1.29 is 9.47 Å². The lowest BCUT2D eigenvalue weighted by Gasteiger charge is -2.26. The van der Waals surface area contributed by atoms with E-state index in [0.29, 0.717) is 6.61 Å². The fourth-order valence-electron chi connectivity index (χ4n) is 3.12. The van der Waals surface area contributed by atoms with E-state index in [4.69, 9.17) is 14.5 Å². The molecule has 3 aromatic rings. The van der Waals surface area contributed by atoms with Gasteiger partial charge in [-0.15, -0.1) is 0 Å². The van der Waals surface area contributed by atoms with Crippen molar-refractivity contribution in [2.45, 2.75) is 32.8 Å². The van der Waals surface area contributed by atoms with Gasteiger partial charge >= 0.3 is 0 Å². The van der Waals surface area contributed by atoms with E-state index in [-0.39, 0.29) is 6.10 Å². The van der Waals surface area contributed by atoms with Crippen molar-refractivity contribution in [2.24, 2.45) is 0 Å². The molecule has 0 saturated heterocycles. The van der Waals surface area contributed by atoms with E-state index in [1.807, 2.05) is 56.4 Å². The molecule has 0 fully saturated rings. The molecule has 1 aliphatic rings. The largest absolute Gasteiger partial charge is 0.486 e. The number of pyridine rings is 1. The quantitative estimate of drug-likeness (QED) is 0.716. The van der Waals surface area contributed by atoms with Gasteiger partial charge in [-0.3, -0.25) is 4.98 Å². The van der Waals surface area contributed by atoms with Crippen molar-refractivity contribution in [2.75, 3.05) is 6.61 Å². The Morgan fingerprint density at radius 1 is 1.00 bits per heavy atom. The van der Waals surface area contributed by atoms with E-state index < -0.39 is 0 Å². The average Bonchev–Trinajstić information content (AvgIpc) is 2.66. The maximum absolute atomic E-state index is 6.01. The maximum atomic E-state index is 6.01. The summed E-state index contributed by atoms with van der Waals surface area (Å²) in [6.07, 6.45) is 3.37. The number of aromatic nitrogens is 3. The third-order valence-electron chi connectivity index (χ3n) is 4.46. The van der Waals surface area contributed by atoms with Crippen LogP contribution in [0.3, 0.4) is 0 Å². The first kappa shape index (κ1) is 16.5. The first-order valence-corrected chi connectivity index (χ1v) is 8.84. The number of aryl methyl sites for hydroxylation is 3. The van der Waals surface area contributed by atoms with Gasteiger partial charge in [0.1, 0.15) is 18.5 Å². The van der Waals surface area contributed by atoms with Crippen LogP contribution in [-0.4, -0.2) is 27.7 Å². The molecule has 4 rings (SSSR count). The summed E-state index contributed by atoms with van der Waals surface area (Å²) in [5, 5.41) is 0. The summed E-state index contributed by atoms with van der Waals surface area (Å²) in [4.78, 5) is 13.7. The predicted molar refractivity (Wildman–Crippen MR) is 99.4 cm³/mol. The Morgan fingerprint density at radius 3 is 2.69 bits per heavy atom. The molecule has 1 atom stereocenters. The molecule has 0 unspecified atom stereocenters. The number of rotatable bonds is 4. The number of para-hydroxylation sites is 2. The zero-order valence-electron chi connectivity index (χ0n) is 15.0. The van der Waals surface area contributed by atoms with E-state index in [2.05, 4.69) is 16.0 Å². The van der Waals surface area contributed by atoms with Gasteiger partial charge in [-0.05, 0) is 50.6 Å². The van der Waals surface area contributed by atoms with E-state index in [1.165, 1.54) is 0 Å². The summed E-state index contributed by atoms with van der Waals surface area (Å²) >= 11 is 0. The second kappa shape index (κ2) is 7.12. The van der Waals surface area contributed by atoms with Crippen molar-refractivity contribution in [3.8, 4) is 22.8 Å². The topological polar surface area (TPSA) is 57.1 Å². The van der Waals surface area contributed by atoms with Gasteiger partial charge in [-0.2, -0.15) is 0 Å². The number of hydrogen-bond acceptors (Lipinski definition) is 5. The minimum Gasteiger partial charge on any atom is -0.486 e. The van der Waals surface area contributed by atoms with E-state index in [0.717, 1.165) is 52.8 Å². The molecule has 5 nitrogen and oxygen atoms in total. The summed E-state index contributed by atoms with van der Waals surface area (Å²) in [5.74, 6) is 2.43. The molecule has 0 aliphatic carbocycles. The fraction of sp³-hybridized carbons (Fsp3) is 0.286. The van der Waals surface area contributed by atoms with Crippen molar-refractivity contribution >= 4 is 0 Å². The SMILES string of the molecule is Cc1ccc(-c2ccnc(CC[C@@H]3COc4ccccc4O3)n2)c(C)n1. The summed E-state index contributed by atoms with van der Waals surface area (Å²) in [7, 11) is 0. The molecule has 26 heavy (non-hydrogen) atoms. The standard InChI is InChI=1S/C21H21N3O2/c1-14-7-9-17(15(2)23-14)18-11-12-22-21(24-18)10-8-16-13-25-19-5-3-4-6-20(19)26-16/h3-7,9,11-12,16H,8,10,13H2,1-2H3/t16-/m1/s1. The molecule has 5 heteroatoms. The third kappa shape index (κ3) is 3.52. The number of benzene rings is 1. The van der Waals surface area contributed by atoms with Crippen LogP contribution in [0, 0.1) is 13.8 Å². The van der Waals surface area contributed by atoms with Crippen LogP contribution in [0.4, 0.5) is 0 Å².